The molecule has 0 saturated carbocycles. The van der Waals surface area contributed by atoms with Gasteiger partial charge in [-0.15, -0.1) is 0 Å². The highest BCUT2D eigenvalue weighted by atomic mass is 16.5. The van der Waals surface area contributed by atoms with Crippen LogP contribution in [-0.4, -0.2) is 41.9 Å². The average molecular weight is 267 g/mol. The van der Waals surface area contributed by atoms with Crippen molar-refractivity contribution < 1.29 is 15.1 Å². The predicted molar refractivity (Wildman–Crippen MR) is 73.6 cm³/mol. The fraction of sp³-hybridized carbons (Fsp3) is 0.462. The van der Waals surface area contributed by atoms with Crippen LogP contribution in [0.1, 0.15) is 18.9 Å². The Morgan fingerprint density at radius 3 is 2.68 bits per heavy atom. The molecular weight excluding hydrogens is 246 g/mol. The van der Waals surface area contributed by atoms with Crippen molar-refractivity contribution >= 4 is 5.84 Å². The Kier molecular flexibility index (Phi) is 6.70. The van der Waals surface area contributed by atoms with E-state index in [1.807, 2.05) is 6.92 Å². The molecule has 1 aromatic rings. The van der Waals surface area contributed by atoms with Crippen LogP contribution in [0.4, 0.5) is 0 Å². The van der Waals surface area contributed by atoms with Gasteiger partial charge < -0.3 is 26.1 Å². The molecule has 1 unspecified atom stereocenters. The average Bonchev–Trinajstić information content (AvgIpc) is 2.44. The van der Waals surface area contributed by atoms with E-state index >= 15 is 0 Å². The summed E-state index contributed by atoms with van der Waals surface area (Å²) in [5, 5.41) is 23.4. The minimum Gasteiger partial charge on any atom is -0.492 e. The van der Waals surface area contributed by atoms with Crippen molar-refractivity contribution in [1.29, 1.82) is 0 Å². The second-order valence-corrected chi connectivity index (χ2v) is 4.23. The van der Waals surface area contributed by atoms with Gasteiger partial charge in [0.05, 0.1) is 0 Å². The molecule has 1 atom stereocenters. The predicted octanol–water partition coefficient (Wildman–Crippen LogP) is 0.520. The molecule has 1 aromatic carbocycles. The van der Waals surface area contributed by atoms with Crippen LogP contribution in [0.2, 0.25) is 0 Å². The SMILES string of the molecule is CC(CCO)NCCOc1ccc(/C(N)=N/O)cc1. The van der Waals surface area contributed by atoms with E-state index in [0.717, 1.165) is 12.2 Å². The molecule has 5 N–H and O–H groups in total. The molecule has 0 spiro atoms. The summed E-state index contributed by atoms with van der Waals surface area (Å²) in [6, 6.07) is 7.27. The lowest BCUT2D eigenvalue weighted by Gasteiger charge is -2.13. The Hall–Kier alpha value is -1.79. The molecule has 0 radical (unpaired) electrons. The first-order valence-corrected chi connectivity index (χ1v) is 6.22. The van der Waals surface area contributed by atoms with Gasteiger partial charge in [-0.25, -0.2) is 0 Å². The highest BCUT2D eigenvalue weighted by molar-refractivity contribution is 5.97. The molecule has 0 amide bonds. The molecule has 1 rings (SSSR count). The number of benzene rings is 1. The number of nitrogens with zero attached hydrogens (tertiary/aromatic N) is 1. The van der Waals surface area contributed by atoms with Crippen molar-refractivity contribution in [2.75, 3.05) is 19.8 Å². The van der Waals surface area contributed by atoms with Crippen LogP contribution >= 0.6 is 0 Å². The molecule has 0 aliphatic heterocycles. The fourth-order valence-electron chi connectivity index (χ4n) is 1.55. The molecule has 0 aromatic heterocycles. The second-order valence-electron chi connectivity index (χ2n) is 4.23. The lowest BCUT2D eigenvalue weighted by molar-refractivity contribution is 0.259. The smallest absolute Gasteiger partial charge is 0.170 e. The maximum Gasteiger partial charge on any atom is 0.170 e. The quantitative estimate of drug-likeness (QED) is 0.181. The number of hydrogen-bond acceptors (Lipinski definition) is 5. The lowest BCUT2D eigenvalue weighted by atomic mass is 10.2. The molecule has 106 valence electrons. The van der Waals surface area contributed by atoms with Gasteiger partial charge in [-0.2, -0.15) is 0 Å². The standard InChI is InChI=1S/C13H21N3O3/c1-10(6-8-17)15-7-9-19-12-4-2-11(3-5-12)13(14)16-18/h2-5,10,15,17-18H,6-9H2,1H3,(H2,14,16). The van der Waals surface area contributed by atoms with Gasteiger partial charge in [-0.3, -0.25) is 0 Å². The van der Waals surface area contributed by atoms with Crippen LogP contribution in [0.3, 0.4) is 0 Å². The van der Waals surface area contributed by atoms with Crippen molar-refractivity contribution in [2.24, 2.45) is 10.9 Å². The Balaban J connectivity index is 2.30. The first kappa shape index (κ1) is 15.3. The number of nitrogens with two attached hydrogens (primary N) is 1. The highest BCUT2D eigenvalue weighted by Gasteiger charge is 2.01. The van der Waals surface area contributed by atoms with Crippen molar-refractivity contribution in [3.05, 3.63) is 29.8 Å². The van der Waals surface area contributed by atoms with Gasteiger partial charge in [-0.05, 0) is 37.6 Å². The van der Waals surface area contributed by atoms with Gasteiger partial charge in [0.25, 0.3) is 0 Å². The van der Waals surface area contributed by atoms with E-state index in [0.29, 0.717) is 18.7 Å². The summed E-state index contributed by atoms with van der Waals surface area (Å²) < 4.78 is 5.53. The topological polar surface area (TPSA) is 100 Å². The Morgan fingerprint density at radius 1 is 1.42 bits per heavy atom. The molecular formula is C13H21N3O3. The molecule has 19 heavy (non-hydrogen) atoms. The first-order valence-electron chi connectivity index (χ1n) is 6.22. The number of hydrogen-bond donors (Lipinski definition) is 4. The van der Waals surface area contributed by atoms with Crippen LogP contribution in [0.25, 0.3) is 0 Å². The molecule has 0 aliphatic carbocycles. The number of rotatable bonds is 8. The lowest BCUT2D eigenvalue weighted by Crippen LogP contribution is -2.30. The van der Waals surface area contributed by atoms with Gasteiger partial charge in [0.15, 0.2) is 5.84 Å². The van der Waals surface area contributed by atoms with Crippen LogP contribution in [-0.2, 0) is 0 Å². The number of aliphatic hydroxyl groups is 1. The summed E-state index contributed by atoms with van der Waals surface area (Å²) in [5.41, 5.74) is 6.10. The minimum absolute atomic E-state index is 0.0750. The van der Waals surface area contributed by atoms with Gasteiger partial charge in [-0.1, -0.05) is 5.16 Å². The van der Waals surface area contributed by atoms with Crippen molar-refractivity contribution in [2.45, 2.75) is 19.4 Å². The van der Waals surface area contributed by atoms with E-state index in [1.165, 1.54) is 0 Å². The third kappa shape index (κ3) is 5.58. The molecule has 0 bridgehead atoms. The van der Waals surface area contributed by atoms with Gasteiger partial charge in [0.2, 0.25) is 0 Å². The summed E-state index contributed by atoms with van der Waals surface area (Å²) in [5.74, 6) is 0.803. The third-order valence-corrected chi connectivity index (χ3v) is 2.68. The van der Waals surface area contributed by atoms with Crippen molar-refractivity contribution in [1.82, 2.24) is 5.32 Å². The van der Waals surface area contributed by atoms with Gasteiger partial charge in [0.1, 0.15) is 12.4 Å². The summed E-state index contributed by atoms with van der Waals surface area (Å²) in [6.07, 6.45) is 0.731. The van der Waals surface area contributed by atoms with Crippen LogP contribution in [0.5, 0.6) is 5.75 Å². The monoisotopic (exact) mass is 267 g/mol. The number of oxime groups is 1. The van der Waals surface area contributed by atoms with E-state index in [2.05, 4.69) is 10.5 Å². The summed E-state index contributed by atoms with van der Waals surface area (Å²) in [6.45, 7) is 3.45. The Bertz CT molecular complexity index is 393. The largest absolute Gasteiger partial charge is 0.492 e. The van der Waals surface area contributed by atoms with Gasteiger partial charge in [0, 0.05) is 24.8 Å². The van der Waals surface area contributed by atoms with E-state index in [-0.39, 0.29) is 18.5 Å². The van der Waals surface area contributed by atoms with E-state index < -0.39 is 0 Å². The molecule has 0 saturated heterocycles. The van der Waals surface area contributed by atoms with E-state index in [9.17, 15) is 0 Å². The maximum atomic E-state index is 8.75. The van der Waals surface area contributed by atoms with Gasteiger partial charge >= 0.3 is 0 Å². The number of amidine groups is 1. The Labute approximate surface area is 112 Å². The van der Waals surface area contributed by atoms with Crippen molar-refractivity contribution in [3.63, 3.8) is 0 Å². The summed E-state index contributed by atoms with van der Waals surface area (Å²) in [4.78, 5) is 0. The second kappa shape index (κ2) is 8.34. The van der Waals surface area contributed by atoms with Crippen LogP contribution < -0.4 is 15.8 Å². The third-order valence-electron chi connectivity index (χ3n) is 2.68. The zero-order valence-electron chi connectivity index (χ0n) is 11.0. The normalized spacial score (nSPS) is 13.3. The number of aliphatic hydroxyl groups excluding tert-OH is 1. The van der Waals surface area contributed by atoms with Crippen molar-refractivity contribution in [3.8, 4) is 5.75 Å². The van der Waals surface area contributed by atoms with Crippen LogP contribution in [0, 0.1) is 0 Å². The highest BCUT2D eigenvalue weighted by Crippen LogP contribution is 2.11. The molecule has 0 fully saturated rings. The first-order chi connectivity index (χ1) is 9.17. The zero-order valence-corrected chi connectivity index (χ0v) is 11.0. The molecule has 6 heteroatoms. The summed E-state index contributed by atoms with van der Waals surface area (Å²) in [7, 11) is 0. The molecule has 0 heterocycles. The Morgan fingerprint density at radius 2 is 2.11 bits per heavy atom. The molecule has 6 nitrogen and oxygen atoms in total. The number of ether oxygens (including phenoxy) is 1. The van der Waals surface area contributed by atoms with E-state index in [1.54, 1.807) is 24.3 Å². The number of nitrogens with one attached hydrogen (secondary N) is 1. The fourth-order valence-corrected chi connectivity index (χ4v) is 1.55. The zero-order chi connectivity index (χ0) is 14.1. The maximum absolute atomic E-state index is 8.75. The minimum atomic E-state index is 0.0750. The van der Waals surface area contributed by atoms with E-state index in [4.69, 9.17) is 20.8 Å². The van der Waals surface area contributed by atoms with Crippen LogP contribution in [0.15, 0.2) is 29.4 Å². The molecule has 0 aliphatic rings. The summed E-state index contributed by atoms with van der Waals surface area (Å²) >= 11 is 0.